The van der Waals surface area contributed by atoms with Gasteiger partial charge in [0.2, 0.25) is 0 Å². The molecule has 0 aliphatic heterocycles. The van der Waals surface area contributed by atoms with Crippen LogP contribution in [0.1, 0.15) is 44.1 Å². The standard InChI is InChI=1S/C10H13F3N2.C2H6/c1-6-3-4-7-8(5-6)15(2)14-9(7)10(11,12)13;1-2/h6H,3-5H2,1-2H3;1-2H3. The van der Waals surface area contributed by atoms with Crippen LogP contribution in [0.4, 0.5) is 13.2 Å². The molecule has 0 saturated carbocycles. The molecule has 0 radical (unpaired) electrons. The van der Waals surface area contributed by atoms with Gasteiger partial charge >= 0.3 is 6.18 Å². The predicted octanol–water partition coefficient (Wildman–Crippen LogP) is 3.59. The molecular formula is C12H19F3N2. The van der Waals surface area contributed by atoms with Crippen molar-refractivity contribution in [3.8, 4) is 0 Å². The van der Waals surface area contributed by atoms with Crippen molar-refractivity contribution in [3.05, 3.63) is 17.0 Å². The molecule has 1 aromatic rings. The molecule has 0 amide bonds. The average molecular weight is 248 g/mol. The third kappa shape index (κ3) is 2.82. The van der Waals surface area contributed by atoms with Crippen LogP contribution < -0.4 is 0 Å². The quantitative estimate of drug-likeness (QED) is 0.686. The Labute approximate surface area is 99.8 Å². The van der Waals surface area contributed by atoms with Gasteiger partial charge in [0, 0.05) is 18.3 Å². The molecule has 0 saturated heterocycles. The van der Waals surface area contributed by atoms with E-state index < -0.39 is 11.9 Å². The van der Waals surface area contributed by atoms with E-state index in [0.29, 0.717) is 24.3 Å². The van der Waals surface area contributed by atoms with Crippen LogP contribution in [0.5, 0.6) is 0 Å². The summed E-state index contributed by atoms with van der Waals surface area (Å²) in [6.07, 6.45) is -2.29. The van der Waals surface area contributed by atoms with Crippen LogP contribution in [-0.2, 0) is 26.1 Å². The van der Waals surface area contributed by atoms with Crippen molar-refractivity contribution in [2.24, 2.45) is 13.0 Å². The van der Waals surface area contributed by atoms with E-state index in [1.807, 2.05) is 13.8 Å². The van der Waals surface area contributed by atoms with Gasteiger partial charge in [0.25, 0.3) is 0 Å². The summed E-state index contributed by atoms with van der Waals surface area (Å²) >= 11 is 0. The van der Waals surface area contributed by atoms with Gasteiger partial charge in [-0.3, -0.25) is 4.68 Å². The summed E-state index contributed by atoms with van der Waals surface area (Å²) < 4.78 is 39.2. The van der Waals surface area contributed by atoms with Gasteiger partial charge in [-0.2, -0.15) is 18.3 Å². The van der Waals surface area contributed by atoms with Gasteiger partial charge in [0.15, 0.2) is 5.69 Å². The molecule has 98 valence electrons. The molecule has 1 unspecified atom stereocenters. The number of hydrogen-bond donors (Lipinski definition) is 0. The highest BCUT2D eigenvalue weighted by molar-refractivity contribution is 5.30. The Kier molecular flexibility index (Phi) is 4.22. The van der Waals surface area contributed by atoms with Crippen molar-refractivity contribution in [3.63, 3.8) is 0 Å². The SMILES string of the molecule is CC.CC1CCc2c(C(F)(F)F)nn(C)c2C1. The van der Waals surface area contributed by atoms with Gasteiger partial charge in [-0.15, -0.1) is 0 Å². The maximum Gasteiger partial charge on any atom is 0.435 e. The number of halogens is 3. The minimum absolute atomic E-state index is 0.406. The number of fused-ring (bicyclic) bond motifs is 1. The normalized spacial score (nSPS) is 19.4. The number of hydrogen-bond acceptors (Lipinski definition) is 1. The summed E-state index contributed by atoms with van der Waals surface area (Å²) in [5.41, 5.74) is 0.469. The summed E-state index contributed by atoms with van der Waals surface area (Å²) in [6.45, 7) is 6.06. The molecule has 0 spiro atoms. The summed E-state index contributed by atoms with van der Waals surface area (Å²) in [7, 11) is 1.59. The number of aromatic nitrogens is 2. The molecule has 2 rings (SSSR count). The number of aryl methyl sites for hydroxylation is 1. The van der Waals surface area contributed by atoms with E-state index in [-0.39, 0.29) is 0 Å². The van der Waals surface area contributed by atoms with Crippen LogP contribution in [0, 0.1) is 5.92 Å². The first-order chi connectivity index (χ1) is 7.89. The molecule has 17 heavy (non-hydrogen) atoms. The lowest BCUT2D eigenvalue weighted by atomic mass is 9.88. The molecule has 5 heteroatoms. The van der Waals surface area contributed by atoms with Crippen molar-refractivity contribution in [1.29, 1.82) is 0 Å². The summed E-state index contributed by atoms with van der Waals surface area (Å²) in [5.74, 6) is 0.453. The van der Waals surface area contributed by atoms with E-state index in [1.165, 1.54) is 4.68 Å². The third-order valence-electron chi connectivity index (χ3n) is 2.97. The fourth-order valence-electron chi connectivity index (χ4n) is 2.17. The van der Waals surface area contributed by atoms with Crippen molar-refractivity contribution in [1.82, 2.24) is 9.78 Å². The van der Waals surface area contributed by atoms with Crippen LogP contribution in [0.2, 0.25) is 0 Å². The van der Waals surface area contributed by atoms with Crippen LogP contribution in [0.15, 0.2) is 0 Å². The highest BCUT2D eigenvalue weighted by Gasteiger charge is 2.39. The Morgan fingerprint density at radius 1 is 1.29 bits per heavy atom. The minimum Gasteiger partial charge on any atom is -0.272 e. The summed E-state index contributed by atoms with van der Waals surface area (Å²) in [6, 6.07) is 0. The molecule has 1 aliphatic rings. The second kappa shape index (κ2) is 5.10. The van der Waals surface area contributed by atoms with E-state index in [0.717, 1.165) is 12.1 Å². The number of alkyl halides is 3. The summed E-state index contributed by atoms with van der Waals surface area (Å²) in [4.78, 5) is 0. The first-order valence-corrected chi connectivity index (χ1v) is 6.01. The second-order valence-electron chi connectivity index (χ2n) is 4.24. The Morgan fingerprint density at radius 3 is 2.41 bits per heavy atom. The van der Waals surface area contributed by atoms with Crippen molar-refractivity contribution < 1.29 is 13.2 Å². The zero-order valence-corrected chi connectivity index (χ0v) is 10.7. The van der Waals surface area contributed by atoms with Crippen LogP contribution in [0.3, 0.4) is 0 Å². The highest BCUT2D eigenvalue weighted by Crippen LogP contribution is 2.36. The van der Waals surface area contributed by atoms with Crippen molar-refractivity contribution >= 4 is 0 Å². The lowest BCUT2D eigenvalue weighted by Gasteiger charge is -2.19. The first-order valence-electron chi connectivity index (χ1n) is 6.01. The van der Waals surface area contributed by atoms with Gasteiger partial charge < -0.3 is 0 Å². The lowest BCUT2D eigenvalue weighted by Crippen LogP contribution is -2.15. The molecule has 1 aromatic heterocycles. The number of rotatable bonds is 0. The van der Waals surface area contributed by atoms with E-state index in [1.54, 1.807) is 7.05 Å². The van der Waals surface area contributed by atoms with Crippen LogP contribution in [0.25, 0.3) is 0 Å². The highest BCUT2D eigenvalue weighted by atomic mass is 19.4. The van der Waals surface area contributed by atoms with E-state index in [9.17, 15) is 13.2 Å². The molecule has 1 heterocycles. The monoisotopic (exact) mass is 248 g/mol. The zero-order chi connectivity index (χ0) is 13.2. The molecule has 0 aromatic carbocycles. The van der Waals surface area contributed by atoms with Gasteiger partial charge in [-0.1, -0.05) is 20.8 Å². The van der Waals surface area contributed by atoms with E-state index in [2.05, 4.69) is 12.0 Å². The van der Waals surface area contributed by atoms with E-state index >= 15 is 0 Å². The van der Waals surface area contributed by atoms with Gasteiger partial charge in [0.1, 0.15) is 0 Å². The maximum atomic E-state index is 12.6. The largest absolute Gasteiger partial charge is 0.435 e. The third-order valence-corrected chi connectivity index (χ3v) is 2.97. The first kappa shape index (κ1) is 14.1. The van der Waals surface area contributed by atoms with Gasteiger partial charge in [-0.05, 0) is 25.2 Å². The summed E-state index contributed by atoms with van der Waals surface area (Å²) in [5, 5.41) is 3.59. The lowest BCUT2D eigenvalue weighted by molar-refractivity contribution is -0.142. The smallest absolute Gasteiger partial charge is 0.272 e. The second-order valence-corrected chi connectivity index (χ2v) is 4.24. The zero-order valence-electron chi connectivity index (χ0n) is 10.7. The molecular weight excluding hydrogens is 229 g/mol. The fourth-order valence-corrected chi connectivity index (χ4v) is 2.17. The molecule has 0 fully saturated rings. The molecule has 1 atom stereocenters. The Hall–Kier alpha value is -1.00. The van der Waals surface area contributed by atoms with Gasteiger partial charge in [-0.25, -0.2) is 0 Å². The molecule has 0 bridgehead atoms. The average Bonchev–Trinajstić information content (AvgIpc) is 2.59. The van der Waals surface area contributed by atoms with Crippen LogP contribution in [-0.4, -0.2) is 9.78 Å². The molecule has 2 nitrogen and oxygen atoms in total. The number of nitrogens with zero attached hydrogens (tertiary/aromatic N) is 2. The predicted molar refractivity (Wildman–Crippen MR) is 60.7 cm³/mol. The molecule has 0 N–H and O–H groups in total. The fraction of sp³-hybridized carbons (Fsp3) is 0.750. The van der Waals surface area contributed by atoms with Gasteiger partial charge in [0.05, 0.1) is 0 Å². The topological polar surface area (TPSA) is 17.8 Å². The Morgan fingerprint density at radius 2 is 1.88 bits per heavy atom. The van der Waals surface area contributed by atoms with Crippen molar-refractivity contribution in [2.75, 3.05) is 0 Å². The van der Waals surface area contributed by atoms with Crippen LogP contribution >= 0.6 is 0 Å². The minimum atomic E-state index is -4.31. The Bertz CT molecular complexity index is 380. The molecule has 1 aliphatic carbocycles. The maximum absolute atomic E-state index is 12.6. The van der Waals surface area contributed by atoms with E-state index in [4.69, 9.17) is 0 Å². The van der Waals surface area contributed by atoms with Crippen molar-refractivity contribution in [2.45, 2.75) is 46.2 Å². The Balaban J connectivity index is 0.000000686.